The number of ketones is 1. The zero-order valence-corrected chi connectivity index (χ0v) is 19.2. The summed E-state index contributed by atoms with van der Waals surface area (Å²) in [5, 5.41) is 11.5. The number of amides is 1. The van der Waals surface area contributed by atoms with Gasteiger partial charge in [-0.3, -0.25) is 14.5 Å². The summed E-state index contributed by atoms with van der Waals surface area (Å²) < 4.78 is 10.4. The molecule has 3 aromatic carbocycles. The van der Waals surface area contributed by atoms with Gasteiger partial charge in [0.1, 0.15) is 11.5 Å². The van der Waals surface area contributed by atoms with Crippen molar-refractivity contribution in [1.82, 2.24) is 0 Å². The highest BCUT2D eigenvalue weighted by Crippen LogP contribution is 2.44. The first kappa shape index (κ1) is 22.7. The lowest BCUT2D eigenvalue weighted by Gasteiger charge is -2.25. The Morgan fingerprint density at radius 2 is 1.58 bits per heavy atom. The molecule has 1 aliphatic rings. The van der Waals surface area contributed by atoms with Crippen LogP contribution in [-0.4, -0.2) is 31.0 Å². The highest BCUT2D eigenvalue weighted by atomic mass is 35.5. The molecule has 0 saturated carbocycles. The Bertz CT molecular complexity index is 1250. The number of carbonyl (C=O) groups is 2. The standard InChI is InChI=1S/C25H19Cl2NO5/c1-32-17-10-6-9-16(13-17)28-21(14-7-4-3-5-8-14)20(23(30)25(28)31)22(29)15-11-18(26)24(33-2)19(27)12-15/h3-13,21,29H,1-2H3/b22-20+. The minimum absolute atomic E-state index is 0.0775. The zero-order valence-electron chi connectivity index (χ0n) is 17.7. The molecule has 0 spiro atoms. The van der Waals surface area contributed by atoms with Crippen molar-refractivity contribution in [3.05, 3.63) is 93.5 Å². The maximum Gasteiger partial charge on any atom is 0.300 e. The number of hydrogen-bond donors (Lipinski definition) is 1. The molecule has 1 heterocycles. The van der Waals surface area contributed by atoms with E-state index >= 15 is 0 Å². The van der Waals surface area contributed by atoms with Gasteiger partial charge in [0, 0.05) is 17.3 Å². The molecule has 3 aromatic rings. The molecule has 1 atom stereocenters. The third kappa shape index (κ3) is 4.03. The summed E-state index contributed by atoms with van der Waals surface area (Å²) in [7, 11) is 2.93. The minimum atomic E-state index is -0.877. The van der Waals surface area contributed by atoms with E-state index in [-0.39, 0.29) is 32.7 Å². The Morgan fingerprint density at radius 1 is 0.909 bits per heavy atom. The number of halogens is 2. The number of aliphatic hydroxyl groups is 1. The molecule has 1 saturated heterocycles. The van der Waals surface area contributed by atoms with Gasteiger partial charge in [0.15, 0.2) is 5.75 Å². The van der Waals surface area contributed by atoms with Crippen LogP contribution in [-0.2, 0) is 9.59 Å². The first-order chi connectivity index (χ1) is 15.9. The summed E-state index contributed by atoms with van der Waals surface area (Å²) in [6.07, 6.45) is 0. The van der Waals surface area contributed by atoms with Crippen LogP contribution in [0.3, 0.4) is 0 Å². The van der Waals surface area contributed by atoms with Gasteiger partial charge < -0.3 is 14.6 Å². The predicted molar refractivity (Wildman–Crippen MR) is 127 cm³/mol. The number of aliphatic hydroxyl groups excluding tert-OH is 1. The van der Waals surface area contributed by atoms with Crippen LogP contribution in [0.1, 0.15) is 17.2 Å². The van der Waals surface area contributed by atoms with Crippen molar-refractivity contribution >= 4 is 46.3 Å². The molecular weight excluding hydrogens is 465 g/mol. The van der Waals surface area contributed by atoms with E-state index in [1.54, 1.807) is 48.5 Å². The summed E-state index contributed by atoms with van der Waals surface area (Å²) >= 11 is 12.5. The molecule has 0 aromatic heterocycles. The topological polar surface area (TPSA) is 76.1 Å². The SMILES string of the molecule is COc1cccc(N2C(=O)C(=O)/C(=C(/O)c3cc(Cl)c(OC)c(Cl)c3)C2c2ccccc2)c1. The maximum atomic E-state index is 13.2. The average molecular weight is 484 g/mol. The third-order valence-electron chi connectivity index (χ3n) is 5.37. The first-order valence-corrected chi connectivity index (χ1v) is 10.7. The fourth-order valence-corrected chi connectivity index (χ4v) is 4.50. The Morgan fingerprint density at radius 3 is 2.18 bits per heavy atom. The Balaban J connectivity index is 1.95. The van der Waals surface area contributed by atoms with E-state index < -0.39 is 17.7 Å². The third-order valence-corrected chi connectivity index (χ3v) is 5.93. The van der Waals surface area contributed by atoms with Crippen LogP contribution < -0.4 is 14.4 Å². The van der Waals surface area contributed by atoms with Gasteiger partial charge in [-0.05, 0) is 29.8 Å². The molecule has 0 bridgehead atoms. The molecular formula is C25H19Cl2NO5. The molecule has 0 radical (unpaired) electrons. The molecule has 8 heteroatoms. The van der Waals surface area contributed by atoms with E-state index in [9.17, 15) is 14.7 Å². The monoisotopic (exact) mass is 483 g/mol. The van der Waals surface area contributed by atoms with Crippen LogP contribution in [0.25, 0.3) is 5.76 Å². The van der Waals surface area contributed by atoms with E-state index in [1.165, 1.54) is 31.3 Å². The average Bonchev–Trinajstić information content (AvgIpc) is 3.09. The lowest BCUT2D eigenvalue weighted by molar-refractivity contribution is -0.132. The van der Waals surface area contributed by atoms with Crippen molar-refractivity contribution in [3.8, 4) is 11.5 Å². The summed E-state index contributed by atoms with van der Waals surface area (Å²) in [6.45, 7) is 0. The van der Waals surface area contributed by atoms with Gasteiger partial charge in [-0.1, -0.05) is 59.6 Å². The lowest BCUT2D eigenvalue weighted by Crippen LogP contribution is -2.29. The van der Waals surface area contributed by atoms with Gasteiger partial charge in [0.2, 0.25) is 0 Å². The number of ether oxygens (including phenoxy) is 2. The van der Waals surface area contributed by atoms with Crippen molar-refractivity contribution in [2.75, 3.05) is 19.1 Å². The number of rotatable bonds is 5. The lowest BCUT2D eigenvalue weighted by atomic mass is 9.95. The van der Waals surface area contributed by atoms with Crippen LogP contribution in [0.15, 0.2) is 72.3 Å². The number of methoxy groups -OCH3 is 2. The number of anilines is 1. The molecule has 1 amide bonds. The zero-order chi connectivity index (χ0) is 23.7. The quantitative estimate of drug-likeness (QED) is 0.288. The summed E-state index contributed by atoms with van der Waals surface area (Å²) in [5.74, 6) is -1.23. The smallest absolute Gasteiger partial charge is 0.300 e. The van der Waals surface area contributed by atoms with E-state index in [2.05, 4.69) is 0 Å². The number of benzene rings is 3. The van der Waals surface area contributed by atoms with Gasteiger partial charge in [0.05, 0.1) is 35.9 Å². The Labute approximate surface area is 200 Å². The van der Waals surface area contributed by atoms with Crippen molar-refractivity contribution in [3.63, 3.8) is 0 Å². The van der Waals surface area contributed by atoms with Crippen molar-refractivity contribution in [2.45, 2.75) is 6.04 Å². The van der Waals surface area contributed by atoms with Crippen LogP contribution in [0.5, 0.6) is 11.5 Å². The molecule has 1 aliphatic heterocycles. The highest BCUT2D eigenvalue weighted by Gasteiger charge is 2.47. The summed E-state index contributed by atoms with van der Waals surface area (Å²) in [5.41, 5.74) is 1.21. The molecule has 1 N–H and O–H groups in total. The largest absolute Gasteiger partial charge is 0.507 e. The van der Waals surface area contributed by atoms with Crippen LogP contribution in [0.4, 0.5) is 5.69 Å². The van der Waals surface area contributed by atoms with Gasteiger partial charge in [0.25, 0.3) is 11.7 Å². The molecule has 0 aliphatic carbocycles. The second kappa shape index (κ2) is 9.17. The van der Waals surface area contributed by atoms with Gasteiger partial charge in [-0.15, -0.1) is 0 Å². The molecule has 6 nitrogen and oxygen atoms in total. The van der Waals surface area contributed by atoms with E-state index in [4.69, 9.17) is 32.7 Å². The van der Waals surface area contributed by atoms with E-state index in [0.29, 0.717) is 17.0 Å². The molecule has 33 heavy (non-hydrogen) atoms. The van der Waals surface area contributed by atoms with Gasteiger partial charge in [-0.2, -0.15) is 0 Å². The van der Waals surface area contributed by atoms with Gasteiger partial charge in [-0.25, -0.2) is 0 Å². The van der Waals surface area contributed by atoms with Crippen molar-refractivity contribution in [2.24, 2.45) is 0 Å². The molecule has 1 unspecified atom stereocenters. The Hall–Kier alpha value is -3.48. The fourth-order valence-electron chi connectivity index (χ4n) is 3.86. The van der Waals surface area contributed by atoms with E-state index in [0.717, 1.165) is 0 Å². The van der Waals surface area contributed by atoms with Crippen LogP contribution in [0, 0.1) is 0 Å². The van der Waals surface area contributed by atoms with Crippen molar-refractivity contribution < 1.29 is 24.2 Å². The minimum Gasteiger partial charge on any atom is -0.507 e. The molecule has 1 fully saturated rings. The normalized spacial score (nSPS) is 17.3. The number of hydrogen-bond acceptors (Lipinski definition) is 5. The van der Waals surface area contributed by atoms with Crippen LogP contribution >= 0.6 is 23.2 Å². The van der Waals surface area contributed by atoms with Gasteiger partial charge >= 0.3 is 0 Å². The first-order valence-electron chi connectivity index (χ1n) is 9.90. The molecule has 168 valence electrons. The summed E-state index contributed by atoms with van der Waals surface area (Å²) in [6, 6.07) is 17.8. The second-order valence-corrected chi connectivity index (χ2v) is 8.07. The highest BCUT2D eigenvalue weighted by molar-refractivity contribution is 6.51. The maximum absolute atomic E-state index is 13.2. The summed E-state index contributed by atoms with van der Waals surface area (Å²) in [4.78, 5) is 27.7. The predicted octanol–water partition coefficient (Wildman–Crippen LogP) is 5.64. The number of nitrogens with zero attached hydrogens (tertiary/aromatic N) is 1. The van der Waals surface area contributed by atoms with E-state index in [1.807, 2.05) is 6.07 Å². The van der Waals surface area contributed by atoms with Crippen LogP contribution in [0.2, 0.25) is 10.0 Å². The number of carbonyl (C=O) groups excluding carboxylic acids is 2. The Kier molecular flexibility index (Phi) is 6.31. The van der Waals surface area contributed by atoms with Crippen molar-refractivity contribution in [1.29, 1.82) is 0 Å². The molecule has 4 rings (SSSR count). The number of Topliss-reactive ketones (excluding diaryl/α,β-unsaturated/α-hetero) is 1. The second-order valence-electron chi connectivity index (χ2n) is 7.25. The fraction of sp³-hybridized carbons (Fsp3) is 0.120.